The van der Waals surface area contributed by atoms with Gasteiger partial charge >= 0.3 is 0 Å². The number of fused-ring (bicyclic) bond motifs is 1. The van der Waals surface area contributed by atoms with Crippen molar-refractivity contribution in [2.75, 3.05) is 0 Å². The van der Waals surface area contributed by atoms with Gasteiger partial charge in [0.2, 0.25) is 0 Å². The smallest absolute Gasteiger partial charge is 0.0124 e. The molecule has 0 saturated carbocycles. The predicted octanol–water partition coefficient (Wildman–Crippen LogP) is 6.15. The van der Waals surface area contributed by atoms with Crippen molar-refractivity contribution in [3.8, 4) is 0 Å². The van der Waals surface area contributed by atoms with E-state index in [0.29, 0.717) is 5.92 Å². The minimum atomic E-state index is 0.604. The lowest BCUT2D eigenvalue weighted by atomic mass is 9.82. The lowest BCUT2D eigenvalue weighted by Gasteiger charge is -2.23. The van der Waals surface area contributed by atoms with Gasteiger partial charge in [0.15, 0.2) is 0 Å². The third kappa shape index (κ3) is 5.06. The molecule has 0 heterocycles. The van der Waals surface area contributed by atoms with Crippen molar-refractivity contribution in [1.82, 2.24) is 0 Å². The molecule has 1 atom stereocenters. The lowest BCUT2D eigenvalue weighted by Crippen LogP contribution is -2.09. The second-order valence-electron chi connectivity index (χ2n) is 4.81. The van der Waals surface area contributed by atoms with Crippen LogP contribution in [0.25, 0.3) is 0 Å². The van der Waals surface area contributed by atoms with Crippen molar-refractivity contribution in [1.29, 1.82) is 0 Å². The fraction of sp³-hybridized carbons (Fsp3) is 0.474. The Balaban J connectivity index is 0.000000861. The van der Waals surface area contributed by atoms with Crippen LogP contribution >= 0.6 is 0 Å². The van der Waals surface area contributed by atoms with Crippen molar-refractivity contribution in [3.05, 3.63) is 59.8 Å². The Labute approximate surface area is 119 Å². The largest absolute Gasteiger partial charge is 0.0842 e. The van der Waals surface area contributed by atoms with Crippen LogP contribution in [-0.4, -0.2) is 0 Å². The van der Waals surface area contributed by atoms with E-state index in [0.717, 1.165) is 6.42 Å². The van der Waals surface area contributed by atoms with E-state index in [2.05, 4.69) is 55.5 Å². The standard InChI is InChI=1S/C17H22.C2H6/c1-2-3-4-5-6-10-15-12-9-13-16-11-7-8-14-17(15)16;1-2/h6-13,17H,2-5,14H2,1H3;1-2H3/b10-6+;. The fourth-order valence-corrected chi connectivity index (χ4v) is 2.44. The van der Waals surface area contributed by atoms with E-state index in [-0.39, 0.29) is 0 Å². The van der Waals surface area contributed by atoms with Crippen molar-refractivity contribution < 1.29 is 0 Å². The average molecular weight is 256 g/mol. The molecule has 0 bridgehead atoms. The topological polar surface area (TPSA) is 0 Å². The molecule has 0 saturated heterocycles. The molecule has 0 fully saturated rings. The molecule has 0 nitrogen and oxygen atoms in total. The van der Waals surface area contributed by atoms with E-state index in [1.165, 1.54) is 36.8 Å². The molecule has 0 heteroatoms. The Kier molecular flexibility index (Phi) is 7.97. The molecule has 19 heavy (non-hydrogen) atoms. The molecular weight excluding hydrogens is 228 g/mol. The van der Waals surface area contributed by atoms with Crippen LogP contribution in [0.4, 0.5) is 0 Å². The van der Waals surface area contributed by atoms with Gasteiger partial charge in [-0.05, 0) is 30.4 Å². The summed E-state index contributed by atoms with van der Waals surface area (Å²) in [6.07, 6.45) is 24.4. The summed E-state index contributed by atoms with van der Waals surface area (Å²) in [6.45, 7) is 6.25. The van der Waals surface area contributed by atoms with Crippen LogP contribution in [0.2, 0.25) is 0 Å². The van der Waals surface area contributed by atoms with Gasteiger partial charge < -0.3 is 0 Å². The molecule has 0 aromatic rings. The molecule has 0 aliphatic heterocycles. The summed E-state index contributed by atoms with van der Waals surface area (Å²) < 4.78 is 0. The summed E-state index contributed by atoms with van der Waals surface area (Å²) in [5.74, 6) is 0.604. The Morgan fingerprint density at radius 1 is 1.16 bits per heavy atom. The first-order valence-electron chi connectivity index (χ1n) is 7.83. The Morgan fingerprint density at radius 2 is 2.00 bits per heavy atom. The lowest BCUT2D eigenvalue weighted by molar-refractivity contribution is 0.724. The first-order chi connectivity index (χ1) is 9.42. The molecule has 0 radical (unpaired) electrons. The van der Waals surface area contributed by atoms with Crippen LogP contribution in [0.1, 0.15) is 52.9 Å². The van der Waals surface area contributed by atoms with Gasteiger partial charge in [-0.1, -0.05) is 82.2 Å². The average Bonchev–Trinajstić information content (AvgIpc) is 2.49. The summed E-state index contributed by atoms with van der Waals surface area (Å²) in [5.41, 5.74) is 2.93. The molecule has 0 aromatic heterocycles. The van der Waals surface area contributed by atoms with E-state index < -0.39 is 0 Å². The van der Waals surface area contributed by atoms with Crippen LogP contribution in [0.5, 0.6) is 0 Å². The summed E-state index contributed by atoms with van der Waals surface area (Å²) in [6, 6.07) is 0. The van der Waals surface area contributed by atoms with Crippen LogP contribution in [0.15, 0.2) is 59.8 Å². The second-order valence-corrected chi connectivity index (χ2v) is 4.81. The van der Waals surface area contributed by atoms with E-state index in [1.54, 1.807) is 0 Å². The second kappa shape index (κ2) is 9.61. The van der Waals surface area contributed by atoms with Crippen LogP contribution in [0.3, 0.4) is 0 Å². The van der Waals surface area contributed by atoms with Gasteiger partial charge in [0.25, 0.3) is 0 Å². The van der Waals surface area contributed by atoms with Crippen molar-refractivity contribution >= 4 is 0 Å². The van der Waals surface area contributed by atoms with Crippen LogP contribution in [-0.2, 0) is 0 Å². The predicted molar refractivity (Wildman–Crippen MR) is 87.2 cm³/mol. The molecule has 1 unspecified atom stereocenters. The van der Waals surface area contributed by atoms with E-state index in [9.17, 15) is 0 Å². The number of hydrogen-bond donors (Lipinski definition) is 0. The molecule has 0 spiro atoms. The Hall–Kier alpha value is -1.30. The van der Waals surface area contributed by atoms with Gasteiger partial charge in [-0.25, -0.2) is 0 Å². The first-order valence-corrected chi connectivity index (χ1v) is 7.83. The third-order valence-electron chi connectivity index (χ3n) is 3.46. The van der Waals surface area contributed by atoms with Gasteiger partial charge in [0.05, 0.1) is 0 Å². The molecule has 104 valence electrons. The molecule has 0 N–H and O–H groups in total. The summed E-state index contributed by atoms with van der Waals surface area (Å²) in [7, 11) is 0. The fourth-order valence-electron chi connectivity index (χ4n) is 2.44. The molecular formula is C19H28. The van der Waals surface area contributed by atoms with E-state index in [1.807, 2.05) is 13.8 Å². The maximum absolute atomic E-state index is 2.34. The Bertz CT molecular complexity index is 388. The zero-order chi connectivity index (χ0) is 13.9. The number of unbranched alkanes of at least 4 members (excludes halogenated alkanes) is 3. The molecule has 0 aromatic carbocycles. The van der Waals surface area contributed by atoms with Crippen molar-refractivity contribution in [2.45, 2.75) is 52.9 Å². The van der Waals surface area contributed by atoms with Gasteiger partial charge in [0, 0.05) is 5.92 Å². The quantitative estimate of drug-likeness (QED) is 0.518. The number of rotatable bonds is 5. The normalized spacial score (nSPS) is 20.5. The van der Waals surface area contributed by atoms with Gasteiger partial charge in [-0.2, -0.15) is 0 Å². The molecule has 2 rings (SSSR count). The van der Waals surface area contributed by atoms with Gasteiger partial charge in [-0.3, -0.25) is 0 Å². The number of allylic oxidation sites excluding steroid dienone is 10. The van der Waals surface area contributed by atoms with Crippen LogP contribution in [0, 0.1) is 5.92 Å². The first kappa shape index (κ1) is 15.8. The highest BCUT2D eigenvalue weighted by Gasteiger charge is 2.17. The molecule has 2 aliphatic rings. The maximum atomic E-state index is 2.34. The summed E-state index contributed by atoms with van der Waals surface area (Å²) in [4.78, 5) is 0. The maximum Gasteiger partial charge on any atom is 0.0124 e. The van der Waals surface area contributed by atoms with Crippen LogP contribution < -0.4 is 0 Å². The summed E-state index contributed by atoms with van der Waals surface area (Å²) in [5, 5.41) is 0. The van der Waals surface area contributed by atoms with Crippen molar-refractivity contribution in [3.63, 3.8) is 0 Å². The van der Waals surface area contributed by atoms with E-state index in [4.69, 9.17) is 0 Å². The minimum Gasteiger partial charge on any atom is -0.0842 e. The minimum absolute atomic E-state index is 0.604. The highest BCUT2D eigenvalue weighted by molar-refractivity contribution is 5.45. The molecule has 0 amide bonds. The van der Waals surface area contributed by atoms with Crippen molar-refractivity contribution in [2.24, 2.45) is 5.92 Å². The Morgan fingerprint density at radius 3 is 2.79 bits per heavy atom. The number of hydrogen-bond acceptors (Lipinski definition) is 0. The third-order valence-corrected chi connectivity index (χ3v) is 3.46. The van der Waals surface area contributed by atoms with E-state index >= 15 is 0 Å². The van der Waals surface area contributed by atoms with Gasteiger partial charge in [-0.15, -0.1) is 0 Å². The zero-order valence-electron chi connectivity index (χ0n) is 12.7. The zero-order valence-corrected chi connectivity index (χ0v) is 12.7. The summed E-state index contributed by atoms with van der Waals surface area (Å²) >= 11 is 0. The monoisotopic (exact) mass is 256 g/mol. The molecule has 2 aliphatic carbocycles. The van der Waals surface area contributed by atoms with Gasteiger partial charge in [0.1, 0.15) is 0 Å². The SMILES string of the molecule is CC.CCCCC/C=C/C1=CC=CC2=CC=CCC21. The highest BCUT2D eigenvalue weighted by atomic mass is 14.2. The highest BCUT2D eigenvalue weighted by Crippen LogP contribution is 2.32.